The van der Waals surface area contributed by atoms with Crippen molar-refractivity contribution in [3.05, 3.63) is 38.9 Å². The van der Waals surface area contributed by atoms with Gasteiger partial charge < -0.3 is 0 Å². The molecule has 0 spiro atoms. The number of aromatic nitrogens is 2. The van der Waals surface area contributed by atoms with E-state index in [4.69, 9.17) is 6.42 Å². The topological polar surface area (TPSA) is 34.9 Å². The van der Waals surface area contributed by atoms with Crippen molar-refractivity contribution in [3.8, 4) is 12.3 Å². The summed E-state index contributed by atoms with van der Waals surface area (Å²) in [6.07, 6.45) is 7.54. The molecule has 1 aliphatic carbocycles. The molecule has 0 atom stereocenters. The third kappa shape index (κ3) is 1.85. The number of benzene rings is 1. The molecule has 1 aliphatic rings. The highest BCUT2D eigenvalue weighted by molar-refractivity contribution is 9.10. The number of fused-ring (bicyclic) bond motifs is 1. The minimum absolute atomic E-state index is 0.0406. The first-order chi connectivity index (χ1) is 8.70. The van der Waals surface area contributed by atoms with E-state index >= 15 is 0 Å². The van der Waals surface area contributed by atoms with Crippen LogP contribution in [0, 0.1) is 12.3 Å². The molecule has 0 saturated heterocycles. The first-order valence-electron chi connectivity index (χ1n) is 5.84. The molecule has 2 aromatic rings. The van der Waals surface area contributed by atoms with Crippen LogP contribution in [-0.2, 0) is 6.54 Å². The number of hydrogen-bond acceptors (Lipinski definition) is 2. The minimum Gasteiger partial charge on any atom is -0.284 e. The van der Waals surface area contributed by atoms with Crippen LogP contribution in [0.3, 0.4) is 0 Å². The predicted octanol–water partition coefficient (Wildman–Crippen LogP) is 2.67. The molecule has 0 unspecified atom stereocenters. The zero-order valence-corrected chi connectivity index (χ0v) is 11.3. The smallest absolute Gasteiger partial charge is 0.262 e. The van der Waals surface area contributed by atoms with Gasteiger partial charge >= 0.3 is 0 Å². The molecule has 1 aromatic carbocycles. The molecular formula is C14H11BrN2O. The molecule has 0 amide bonds. The van der Waals surface area contributed by atoms with Gasteiger partial charge in [0, 0.05) is 10.4 Å². The SMILES string of the molecule is C#CCn1c(C2CC2)nc2ccc(Br)cc2c1=O. The lowest BCUT2D eigenvalue weighted by Gasteiger charge is -2.10. The van der Waals surface area contributed by atoms with Gasteiger partial charge in [-0.05, 0) is 31.0 Å². The van der Waals surface area contributed by atoms with Gasteiger partial charge in [0.25, 0.3) is 5.56 Å². The molecule has 1 aromatic heterocycles. The highest BCUT2D eigenvalue weighted by atomic mass is 79.9. The first kappa shape index (κ1) is 11.5. The maximum Gasteiger partial charge on any atom is 0.262 e. The molecule has 1 heterocycles. The summed E-state index contributed by atoms with van der Waals surface area (Å²) in [5, 5.41) is 0.615. The van der Waals surface area contributed by atoms with E-state index in [9.17, 15) is 4.79 Å². The lowest BCUT2D eigenvalue weighted by Crippen LogP contribution is -2.24. The first-order valence-corrected chi connectivity index (χ1v) is 6.63. The van der Waals surface area contributed by atoms with Crippen molar-refractivity contribution in [2.75, 3.05) is 0 Å². The number of rotatable bonds is 2. The van der Waals surface area contributed by atoms with Crippen LogP contribution in [0.1, 0.15) is 24.6 Å². The summed E-state index contributed by atoms with van der Waals surface area (Å²) in [6, 6.07) is 5.57. The minimum atomic E-state index is -0.0406. The van der Waals surface area contributed by atoms with Crippen LogP contribution in [0.4, 0.5) is 0 Å². The van der Waals surface area contributed by atoms with Gasteiger partial charge in [-0.3, -0.25) is 9.36 Å². The van der Waals surface area contributed by atoms with E-state index in [1.165, 1.54) is 0 Å². The number of halogens is 1. The van der Waals surface area contributed by atoms with Gasteiger partial charge in [0.1, 0.15) is 5.82 Å². The van der Waals surface area contributed by atoms with E-state index in [-0.39, 0.29) is 5.56 Å². The van der Waals surface area contributed by atoms with Crippen LogP contribution in [0.25, 0.3) is 10.9 Å². The molecule has 0 aliphatic heterocycles. The monoisotopic (exact) mass is 302 g/mol. The summed E-state index contributed by atoms with van der Waals surface area (Å²) in [7, 11) is 0. The van der Waals surface area contributed by atoms with Crippen molar-refractivity contribution in [1.29, 1.82) is 0 Å². The quantitative estimate of drug-likeness (QED) is 0.800. The van der Waals surface area contributed by atoms with Crippen molar-refractivity contribution in [2.24, 2.45) is 0 Å². The Hall–Kier alpha value is -1.60. The maximum absolute atomic E-state index is 12.4. The van der Waals surface area contributed by atoms with Crippen LogP contribution < -0.4 is 5.56 Å². The molecule has 4 heteroatoms. The van der Waals surface area contributed by atoms with Crippen LogP contribution in [-0.4, -0.2) is 9.55 Å². The summed E-state index contributed by atoms with van der Waals surface area (Å²) >= 11 is 3.37. The van der Waals surface area contributed by atoms with E-state index in [0.717, 1.165) is 28.7 Å². The Kier molecular flexibility index (Phi) is 2.71. The Morgan fingerprint density at radius 1 is 1.50 bits per heavy atom. The summed E-state index contributed by atoms with van der Waals surface area (Å²) in [4.78, 5) is 17.0. The lowest BCUT2D eigenvalue weighted by atomic mass is 10.2. The third-order valence-corrected chi connectivity index (χ3v) is 3.63. The second-order valence-electron chi connectivity index (χ2n) is 4.50. The largest absolute Gasteiger partial charge is 0.284 e. The van der Waals surface area contributed by atoms with Crippen molar-refractivity contribution >= 4 is 26.8 Å². The molecule has 18 heavy (non-hydrogen) atoms. The van der Waals surface area contributed by atoms with Crippen molar-refractivity contribution in [2.45, 2.75) is 25.3 Å². The van der Waals surface area contributed by atoms with Gasteiger partial charge in [0.15, 0.2) is 0 Å². The molecule has 0 radical (unpaired) electrons. The third-order valence-electron chi connectivity index (χ3n) is 3.14. The average molecular weight is 303 g/mol. The van der Waals surface area contributed by atoms with Crippen LogP contribution >= 0.6 is 15.9 Å². The average Bonchev–Trinajstić information content (AvgIpc) is 3.17. The van der Waals surface area contributed by atoms with E-state index in [1.807, 2.05) is 12.1 Å². The summed E-state index contributed by atoms with van der Waals surface area (Å²) in [5.74, 6) is 3.78. The van der Waals surface area contributed by atoms with Crippen LogP contribution in [0.5, 0.6) is 0 Å². The zero-order chi connectivity index (χ0) is 12.7. The Bertz CT molecular complexity index is 723. The molecule has 3 rings (SSSR count). The fourth-order valence-corrected chi connectivity index (χ4v) is 2.47. The summed E-state index contributed by atoms with van der Waals surface area (Å²) in [5.41, 5.74) is 0.708. The maximum atomic E-state index is 12.4. The van der Waals surface area contributed by atoms with Crippen LogP contribution in [0.15, 0.2) is 27.5 Å². The Morgan fingerprint density at radius 3 is 2.94 bits per heavy atom. The summed E-state index contributed by atoms with van der Waals surface area (Å²) < 4.78 is 2.51. The second kappa shape index (κ2) is 4.25. The van der Waals surface area contributed by atoms with E-state index in [1.54, 1.807) is 10.6 Å². The van der Waals surface area contributed by atoms with Crippen LogP contribution in [0.2, 0.25) is 0 Å². The molecule has 0 bridgehead atoms. The Labute approximate surface area is 113 Å². The fourth-order valence-electron chi connectivity index (χ4n) is 2.11. The van der Waals surface area contributed by atoms with Gasteiger partial charge in [-0.25, -0.2) is 4.98 Å². The normalized spacial score (nSPS) is 14.7. The molecule has 1 fully saturated rings. The molecule has 1 saturated carbocycles. The van der Waals surface area contributed by atoms with Gasteiger partial charge in [-0.1, -0.05) is 21.9 Å². The Morgan fingerprint density at radius 2 is 2.28 bits per heavy atom. The van der Waals surface area contributed by atoms with E-state index in [2.05, 4.69) is 26.8 Å². The van der Waals surface area contributed by atoms with Gasteiger partial charge in [0.05, 0.1) is 17.4 Å². The van der Waals surface area contributed by atoms with Crippen molar-refractivity contribution in [3.63, 3.8) is 0 Å². The molecular weight excluding hydrogens is 292 g/mol. The number of nitrogens with zero attached hydrogens (tertiary/aromatic N) is 2. The fraction of sp³-hybridized carbons (Fsp3) is 0.286. The van der Waals surface area contributed by atoms with E-state index in [0.29, 0.717) is 17.8 Å². The number of terminal acetylenes is 1. The highest BCUT2D eigenvalue weighted by Gasteiger charge is 2.29. The van der Waals surface area contributed by atoms with Gasteiger partial charge in [-0.2, -0.15) is 0 Å². The van der Waals surface area contributed by atoms with Crippen molar-refractivity contribution < 1.29 is 0 Å². The predicted molar refractivity (Wildman–Crippen MR) is 74.5 cm³/mol. The second-order valence-corrected chi connectivity index (χ2v) is 5.42. The van der Waals surface area contributed by atoms with E-state index < -0.39 is 0 Å². The zero-order valence-electron chi connectivity index (χ0n) is 9.69. The number of hydrogen-bond donors (Lipinski definition) is 0. The highest BCUT2D eigenvalue weighted by Crippen LogP contribution is 2.38. The van der Waals surface area contributed by atoms with Crippen molar-refractivity contribution in [1.82, 2.24) is 9.55 Å². The molecule has 0 N–H and O–H groups in total. The lowest BCUT2D eigenvalue weighted by molar-refractivity contribution is 0.705. The van der Waals surface area contributed by atoms with Gasteiger partial charge in [-0.15, -0.1) is 6.42 Å². The Balaban J connectivity index is 2.34. The molecule has 3 nitrogen and oxygen atoms in total. The van der Waals surface area contributed by atoms with Gasteiger partial charge in [0.2, 0.25) is 0 Å². The standard InChI is InChI=1S/C14H11BrN2O/c1-2-7-17-13(9-3-4-9)16-12-6-5-10(15)8-11(12)14(17)18/h1,5-6,8-9H,3-4,7H2. The molecule has 90 valence electrons. The summed E-state index contributed by atoms with van der Waals surface area (Å²) in [6.45, 7) is 0.292.